The van der Waals surface area contributed by atoms with Gasteiger partial charge in [-0.3, -0.25) is 19.0 Å². The summed E-state index contributed by atoms with van der Waals surface area (Å²) in [5, 5.41) is 14.7. The zero-order valence-corrected chi connectivity index (χ0v) is 37.0. The number of allylic oxidation sites excluding steroid dienone is 4. The summed E-state index contributed by atoms with van der Waals surface area (Å²) in [7, 11) is -2.82. The highest BCUT2D eigenvalue weighted by atomic mass is 32.2. The predicted molar refractivity (Wildman–Crippen MR) is 221 cm³/mol. The van der Waals surface area contributed by atoms with E-state index in [1.807, 2.05) is 12.4 Å². The van der Waals surface area contributed by atoms with Crippen LogP contribution >= 0.6 is 0 Å². The average molecular weight is 914 g/mol. The Morgan fingerprint density at radius 1 is 0.953 bits per heavy atom. The first-order chi connectivity index (χ1) is 30.4. The molecule has 2 aromatic heterocycles. The Bertz CT molecular complexity index is 2410. The summed E-state index contributed by atoms with van der Waals surface area (Å²) < 4.78 is 70.7. The molecule has 346 valence electrons. The molecule has 5 rings (SSSR count). The molecule has 1 aromatic carbocycles. The summed E-state index contributed by atoms with van der Waals surface area (Å²) in [4.78, 5) is 66.8. The van der Waals surface area contributed by atoms with Crippen molar-refractivity contribution in [3.8, 4) is 11.6 Å². The maximum absolute atomic E-state index is 13.3. The van der Waals surface area contributed by atoms with Gasteiger partial charge in [-0.05, 0) is 69.6 Å². The number of carbonyl (C=O) groups excluding carboxylic acids is 4. The summed E-state index contributed by atoms with van der Waals surface area (Å²) in [6.45, 7) is 8.28. The van der Waals surface area contributed by atoms with Crippen molar-refractivity contribution < 1.29 is 74.8 Å². The lowest BCUT2D eigenvalue weighted by molar-refractivity contribution is -0.832. The van der Waals surface area contributed by atoms with Crippen molar-refractivity contribution in [2.24, 2.45) is 0 Å². The summed E-state index contributed by atoms with van der Waals surface area (Å²) in [6.07, 6.45) is 7.03. The molecule has 1 N–H and O–H groups in total. The number of unbranched alkanes of at least 4 members (excludes halogenated alkanes) is 2. The van der Waals surface area contributed by atoms with Gasteiger partial charge in [0.05, 0.1) is 48.8 Å². The summed E-state index contributed by atoms with van der Waals surface area (Å²) >= 11 is 0. The molecule has 0 radical (unpaired) electrons. The third-order valence-electron chi connectivity index (χ3n) is 10.5. The normalized spacial score (nSPS) is 23.0. The summed E-state index contributed by atoms with van der Waals surface area (Å²) in [5.41, 5.74) is -0.356. The minimum absolute atomic E-state index is 0.0438. The van der Waals surface area contributed by atoms with Crippen molar-refractivity contribution in [1.29, 1.82) is 0 Å². The molecule has 0 unspecified atom stereocenters. The van der Waals surface area contributed by atoms with Gasteiger partial charge in [0.15, 0.2) is 12.2 Å². The lowest BCUT2D eigenvalue weighted by atomic mass is 9.77. The molecule has 4 heterocycles. The van der Waals surface area contributed by atoms with E-state index in [0.29, 0.717) is 42.8 Å². The van der Waals surface area contributed by atoms with Gasteiger partial charge in [0.25, 0.3) is 15.7 Å². The van der Waals surface area contributed by atoms with Crippen LogP contribution in [0.2, 0.25) is 0 Å². The molecule has 0 spiro atoms. The Morgan fingerprint density at radius 2 is 1.67 bits per heavy atom. The number of fused-ring (bicyclic) bond motifs is 2. The van der Waals surface area contributed by atoms with Crippen molar-refractivity contribution in [1.82, 2.24) is 10.6 Å². The van der Waals surface area contributed by atoms with Crippen LogP contribution in [0.3, 0.4) is 0 Å². The summed E-state index contributed by atoms with van der Waals surface area (Å²) in [6, 6.07) is 8.49. The Kier molecular flexibility index (Phi) is 16.3. The first kappa shape index (κ1) is 48.7. The van der Waals surface area contributed by atoms with Gasteiger partial charge < -0.3 is 42.9 Å². The topological polar surface area (TPSA) is 262 Å². The van der Waals surface area contributed by atoms with E-state index in [1.165, 1.54) is 44.4 Å². The van der Waals surface area contributed by atoms with E-state index in [1.54, 1.807) is 63.3 Å². The maximum atomic E-state index is 13.3. The standard InChI is InChI=1S/C43H51N3O17S/c1-7-33-42(4)41(57-28(3)47)43(5,61-33)38(31(60-42)21-15-9-8-14-20-30-27(2)32(55-6)26-37(51)58-30)59-35(49)23-24-36(50)62-44-34(48)22-16-11-17-25-56-39-40(46(52)63-45-39)64(53,54)29-18-12-10-13-19-29/h8-10,12-15,18-21,26,31,33,38,41H,7,11,16-17,22-25H2,1-6H3,(H,44,48)/b9-8+,20-14+,21-15+/t31-,33+,38-,41+,42-,43+/m0/s1. The van der Waals surface area contributed by atoms with Gasteiger partial charge in [0, 0.05) is 18.9 Å². The lowest BCUT2D eigenvalue weighted by Crippen LogP contribution is -2.66. The van der Waals surface area contributed by atoms with Gasteiger partial charge in [-0.2, -0.15) is 5.48 Å². The van der Waals surface area contributed by atoms with Crippen LogP contribution < -0.4 is 25.5 Å². The zero-order chi connectivity index (χ0) is 46.7. The second kappa shape index (κ2) is 21.4. The van der Waals surface area contributed by atoms with Crippen LogP contribution in [0.25, 0.3) is 6.08 Å². The number of hydroxylamine groups is 1. The van der Waals surface area contributed by atoms with Gasteiger partial charge in [0.2, 0.25) is 0 Å². The summed E-state index contributed by atoms with van der Waals surface area (Å²) in [5.74, 6) is -2.72. The van der Waals surface area contributed by atoms with Crippen molar-refractivity contribution in [2.75, 3.05) is 13.7 Å². The highest BCUT2D eigenvalue weighted by Crippen LogP contribution is 2.52. The van der Waals surface area contributed by atoms with Crippen LogP contribution in [-0.4, -0.2) is 86.7 Å². The Morgan fingerprint density at radius 3 is 2.38 bits per heavy atom. The Balaban J connectivity index is 1.10. The van der Waals surface area contributed by atoms with Gasteiger partial charge in [-0.15, -0.1) is 0 Å². The molecule has 6 atom stereocenters. The maximum Gasteiger partial charge on any atom is 0.414 e. The first-order valence-electron chi connectivity index (χ1n) is 20.4. The van der Waals surface area contributed by atoms with E-state index in [9.17, 15) is 37.6 Å². The minimum Gasteiger partial charge on any atom is -0.496 e. The zero-order valence-electron chi connectivity index (χ0n) is 36.1. The van der Waals surface area contributed by atoms with Crippen LogP contribution in [0.4, 0.5) is 0 Å². The van der Waals surface area contributed by atoms with E-state index in [-0.39, 0.29) is 22.8 Å². The number of sulfone groups is 1. The monoisotopic (exact) mass is 913 g/mol. The van der Waals surface area contributed by atoms with E-state index < -0.39 is 98.6 Å². The molecule has 1 amide bonds. The second-order valence-electron chi connectivity index (χ2n) is 15.1. The molecule has 20 nitrogen and oxygen atoms in total. The molecule has 21 heteroatoms. The molecule has 2 saturated heterocycles. The average Bonchev–Trinajstić information content (AvgIpc) is 3.71. The van der Waals surface area contributed by atoms with Crippen LogP contribution in [0.5, 0.6) is 11.6 Å². The third kappa shape index (κ3) is 11.4. The SMILES string of the molecule is CC[C@H]1O[C@@]2(C)[C@H](OC(C)=O)[C@@]1(C)O[C@@H](/C=C/C=C/C=C/c1oc(=O)cc(OC)c1C)[C@@H]2OC(=O)CCC(=O)ONC(=O)CCCCCOc1no[n+]([O-])c1S(=O)(=O)c1ccccc1. The number of nitrogens with one attached hydrogen (secondary N) is 1. The first-order valence-corrected chi connectivity index (χ1v) is 21.9. The molecule has 3 aromatic rings. The highest BCUT2D eigenvalue weighted by molar-refractivity contribution is 7.91. The number of esters is 2. The smallest absolute Gasteiger partial charge is 0.414 e. The number of amides is 1. The van der Waals surface area contributed by atoms with E-state index in [2.05, 4.69) is 9.79 Å². The molecule has 0 aliphatic carbocycles. The fraction of sp³-hybridized carbons (Fsp3) is 0.465. The van der Waals surface area contributed by atoms with Crippen LogP contribution in [-0.2, 0) is 52.8 Å². The number of benzene rings is 1. The molecular weight excluding hydrogens is 863 g/mol. The van der Waals surface area contributed by atoms with Crippen molar-refractivity contribution in [2.45, 2.75) is 125 Å². The number of nitrogens with zero attached hydrogens (tertiary/aromatic N) is 2. The highest BCUT2D eigenvalue weighted by Gasteiger charge is 2.71. The third-order valence-corrected chi connectivity index (χ3v) is 12.2. The van der Waals surface area contributed by atoms with Gasteiger partial charge in [0.1, 0.15) is 28.8 Å². The van der Waals surface area contributed by atoms with E-state index >= 15 is 0 Å². The number of hydrogen-bond acceptors (Lipinski definition) is 18. The van der Waals surface area contributed by atoms with Crippen molar-refractivity contribution >= 4 is 39.7 Å². The molecule has 2 aliphatic rings. The van der Waals surface area contributed by atoms with Crippen molar-refractivity contribution in [3.05, 3.63) is 93.7 Å². The Hall–Kier alpha value is -6.32. The van der Waals surface area contributed by atoms with E-state index in [4.69, 9.17) is 37.7 Å². The number of rotatable bonds is 20. The predicted octanol–water partition coefficient (Wildman–Crippen LogP) is 4.10. The molecule has 64 heavy (non-hydrogen) atoms. The van der Waals surface area contributed by atoms with Gasteiger partial charge in [-0.25, -0.2) is 18.0 Å². The minimum atomic E-state index is -4.27. The van der Waals surface area contributed by atoms with Gasteiger partial charge in [-0.1, -0.05) is 55.5 Å². The quantitative estimate of drug-likeness (QED) is 0.0418. The number of methoxy groups -OCH3 is 1. The van der Waals surface area contributed by atoms with E-state index in [0.717, 1.165) is 0 Å². The molecule has 2 bridgehead atoms. The fourth-order valence-electron chi connectivity index (χ4n) is 7.43. The van der Waals surface area contributed by atoms with Crippen LogP contribution in [0.1, 0.15) is 84.0 Å². The molecular formula is C43H51N3O17S. The molecule has 0 saturated carbocycles. The van der Waals surface area contributed by atoms with Gasteiger partial charge >= 0.3 is 34.4 Å². The molecule has 2 aliphatic heterocycles. The lowest BCUT2D eigenvalue weighted by Gasteiger charge is -2.48. The number of hydrogen-bond donors (Lipinski definition) is 1. The van der Waals surface area contributed by atoms with Crippen LogP contribution in [0.15, 0.2) is 90.5 Å². The van der Waals surface area contributed by atoms with Crippen LogP contribution in [0, 0.1) is 12.1 Å². The Labute approximate surface area is 368 Å². The second-order valence-corrected chi connectivity index (χ2v) is 17.0. The molecule has 2 fully saturated rings. The number of carbonyl (C=O) groups is 4. The number of aromatic nitrogens is 2. The fourth-order valence-corrected chi connectivity index (χ4v) is 8.73. The largest absolute Gasteiger partial charge is 0.496 e. The number of ether oxygens (including phenoxy) is 6. The van der Waals surface area contributed by atoms with Crippen molar-refractivity contribution in [3.63, 3.8) is 0 Å².